The highest BCUT2D eigenvalue weighted by Gasteiger charge is 2.13. The maximum atomic E-state index is 13.3. The lowest BCUT2D eigenvalue weighted by atomic mass is 10.0. The molecule has 1 unspecified atom stereocenters. The van der Waals surface area contributed by atoms with Gasteiger partial charge in [0.2, 0.25) is 0 Å². The van der Waals surface area contributed by atoms with Crippen LogP contribution in [-0.2, 0) is 0 Å². The third kappa shape index (κ3) is 3.57. The summed E-state index contributed by atoms with van der Waals surface area (Å²) in [4.78, 5) is 0. The average molecular weight is 333 g/mol. The molecule has 0 heterocycles. The monoisotopic (exact) mass is 331 g/mol. The Kier molecular flexibility index (Phi) is 5.14. The molecule has 0 bridgehead atoms. The third-order valence-electron chi connectivity index (χ3n) is 3.01. The predicted octanol–water partition coefficient (Wildman–Crippen LogP) is 6.35. The molecule has 0 radical (unpaired) electrons. The Balaban J connectivity index is 2.28. The predicted molar refractivity (Wildman–Crippen MR) is 84.5 cm³/mol. The molecule has 2 aromatic rings. The first kappa shape index (κ1) is 15.4. The zero-order valence-corrected chi connectivity index (χ0v) is 13.0. The minimum Gasteiger partial charge on any atom is -0.377 e. The van der Waals surface area contributed by atoms with Crippen LogP contribution in [0.3, 0.4) is 0 Å². The van der Waals surface area contributed by atoms with Crippen molar-refractivity contribution in [2.45, 2.75) is 19.4 Å². The molecule has 1 atom stereocenters. The molecule has 0 aliphatic carbocycles. The highest BCUT2D eigenvalue weighted by atomic mass is 35.5. The molecule has 0 saturated heterocycles. The zero-order valence-electron chi connectivity index (χ0n) is 10.8. The fourth-order valence-electron chi connectivity index (χ4n) is 1.95. The largest absolute Gasteiger partial charge is 0.377 e. The maximum absolute atomic E-state index is 13.3. The van der Waals surface area contributed by atoms with Crippen LogP contribution in [0.4, 0.5) is 10.1 Å². The maximum Gasteiger partial charge on any atom is 0.125 e. The third-order valence-corrected chi connectivity index (χ3v) is 4.08. The van der Waals surface area contributed by atoms with Crippen LogP contribution in [0.1, 0.15) is 24.9 Å². The number of anilines is 1. The van der Waals surface area contributed by atoms with Crippen molar-refractivity contribution in [2.24, 2.45) is 0 Å². The van der Waals surface area contributed by atoms with Gasteiger partial charge >= 0.3 is 0 Å². The van der Waals surface area contributed by atoms with Gasteiger partial charge in [-0.1, -0.05) is 47.8 Å². The van der Waals surface area contributed by atoms with E-state index in [0.29, 0.717) is 20.8 Å². The summed E-state index contributed by atoms with van der Waals surface area (Å²) in [6, 6.07) is 9.65. The lowest BCUT2D eigenvalue weighted by Crippen LogP contribution is -2.10. The van der Waals surface area contributed by atoms with Crippen molar-refractivity contribution in [3.05, 3.63) is 62.8 Å². The Morgan fingerprint density at radius 2 is 1.70 bits per heavy atom. The molecule has 2 rings (SSSR count). The Morgan fingerprint density at radius 3 is 2.35 bits per heavy atom. The van der Waals surface area contributed by atoms with E-state index in [2.05, 4.69) is 5.32 Å². The van der Waals surface area contributed by atoms with E-state index < -0.39 is 0 Å². The van der Waals surface area contributed by atoms with E-state index in [1.54, 1.807) is 12.1 Å². The Morgan fingerprint density at radius 1 is 1.00 bits per heavy atom. The van der Waals surface area contributed by atoms with Crippen molar-refractivity contribution >= 4 is 40.5 Å². The van der Waals surface area contributed by atoms with E-state index in [1.807, 2.05) is 13.0 Å². The molecule has 0 aliphatic rings. The Bertz CT molecular complexity index is 616. The van der Waals surface area contributed by atoms with Gasteiger partial charge in [0, 0.05) is 0 Å². The molecule has 0 amide bonds. The van der Waals surface area contributed by atoms with Crippen LogP contribution in [-0.4, -0.2) is 0 Å². The van der Waals surface area contributed by atoms with Crippen molar-refractivity contribution in [2.75, 3.05) is 5.32 Å². The minimum atomic E-state index is -0.333. The molecular formula is C15H13Cl3FN. The second-order valence-electron chi connectivity index (χ2n) is 4.40. The SMILES string of the molecule is CCC(Nc1cc(F)ccc1Cl)c1ccc(Cl)c(Cl)c1. The number of rotatable bonds is 4. The van der Waals surface area contributed by atoms with Crippen molar-refractivity contribution < 1.29 is 4.39 Å². The smallest absolute Gasteiger partial charge is 0.125 e. The van der Waals surface area contributed by atoms with Gasteiger partial charge in [-0.2, -0.15) is 0 Å². The lowest BCUT2D eigenvalue weighted by molar-refractivity contribution is 0.627. The quantitative estimate of drug-likeness (QED) is 0.688. The minimum absolute atomic E-state index is 0.0240. The van der Waals surface area contributed by atoms with Crippen molar-refractivity contribution in [1.29, 1.82) is 0 Å². The van der Waals surface area contributed by atoms with Crippen LogP contribution >= 0.6 is 34.8 Å². The Hall–Kier alpha value is -0.960. The molecule has 0 aliphatic heterocycles. The number of benzene rings is 2. The van der Waals surface area contributed by atoms with E-state index in [0.717, 1.165) is 12.0 Å². The molecule has 5 heteroatoms. The van der Waals surface area contributed by atoms with E-state index in [1.165, 1.54) is 18.2 Å². The van der Waals surface area contributed by atoms with Crippen molar-refractivity contribution in [3.8, 4) is 0 Å². The lowest BCUT2D eigenvalue weighted by Gasteiger charge is -2.20. The molecule has 20 heavy (non-hydrogen) atoms. The first-order chi connectivity index (χ1) is 9.51. The molecule has 0 saturated carbocycles. The van der Waals surface area contributed by atoms with Crippen LogP contribution in [0.25, 0.3) is 0 Å². The highest BCUT2D eigenvalue weighted by molar-refractivity contribution is 6.42. The van der Waals surface area contributed by atoms with Gasteiger partial charge in [-0.25, -0.2) is 4.39 Å². The number of halogens is 4. The summed E-state index contributed by atoms with van der Waals surface area (Å²) >= 11 is 18.0. The second kappa shape index (κ2) is 6.66. The summed E-state index contributed by atoms with van der Waals surface area (Å²) in [5.41, 5.74) is 1.53. The summed E-state index contributed by atoms with van der Waals surface area (Å²) in [6.07, 6.45) is 0.796. The van der Waals surface area contributed by atoms with Gasteiger partial charge < -0.3 is 5.32 Å². The van der Waals surface area contributed by atoms with Crippen LogP contribution in [0.5, 0.6) is 0 Å². The number of hydrogen-bond acceptors (Lipinski definition) is 1. The van der Waals surface area contributed by atoms with Gasteiger partial charge in [0.15, 0.2) is 0 Å². The molecule has 2 aromatic carbocycles. The van der Waals surface area contributed by atoms with Gasteiger partial charge in [-0.15, -0.1) is 0 Å². The second-order valence-corrected chi connectivity index (χ2v) is 5.62. The topological polar surface area (TPSA) is 12.0 Å². The first-order valence-corrected chi connectivity index (χ1v) is 7.31. The van der Waals surface area contributed by atoms with Crippen LogP contribution in [0.15, 0.2) is 36.4 Å². The number of hydrogen-bond donors (Lipinski definition) is 1. The Labute approximate surface area is 132 Å². The van der Waals surface area contributed by atoms with Gasteiger partial charge in [-0.3, -0.25) is 0 Å². The molecule has 0 fully saturated rings. The van der Waals surface area contributed by atoms with Crippen molar-refractivity contribution in [3.63, 3.8) is 0 Å². The van der Waals surface area contributed by atoms with Crippen LogP contribution in [0.2, 0.25) is 15.1 Å². The van der Waals surface area contributed by atoms with E-state index in [9.17, 15) is 4.39 Å². The summed E-state index contributed by atoms with van der Waals surface area (Å²) in [6.45, 7) is 2.02. The molecule has 106 valence electrons. The zero-order chi connectivity index (χ0) is 14.7. The fourth-order valence-corrected chi connectivity index (χ4v) is 2.42. The summed E-state index contributed by atoms with van der Waals surface area (Å²) in [5, 5.41) is 4.71. The van der Waals surface area contributed by atoms with Crippen molar-refractivity contribution in [1.82, 2.24) is 0 Å². The standard InChI is InChI=1S/C15H13Cl3FN/c1-2-14(9-3-5-11(16)13(18)7-9)20-15-8-10(19)4-6-12(15)17/h3-8,14,20H,2H2,1H3. The highest BCUT2D eigenvalue weighted by Crippen LogP contribution is 2.31. The van der Waals surface area contributed by atoms with Gasteiger partial charge in [0.1, 0.15) is 5.82 Å². The van der Waals surface area contributed by atoms with Gasteiger partial charge in [-0.05, 0) is 42.3 Å². The first-order valence-electron chi connectivity index (χ1n) is 6.17. The normalized spacial score (nSPS) is 12.2. The fraction of sp³-hybridized carbons (Fsp3) is 0.200. The van der Waals surface area contributed by atoms with Gasteiger partial charge in [0.05, 0.1) is 26.8 Å². The molecule has 1 nitrogen and oxygen atoms in total. The van der Waals surface area contributed by atoms with E-state index in [4.69, 9.17) is 34.8 Å². The summed E-state index contributed by atoms with van der Waals surface area (Å²) in [7, 11) is 0. The molecule has 1 N–H and O–H groups in total. The van der Waals surface area contributed by atoms with Crippen LogP contribution < -0.4 is 5.32 Å². The van der Waals surface area contributed by atoms with E-state index >= 15 is 0 Å². The summed E-state index contributed by atoms with van der Waals surface area (Å²) in [5.74, 6) is -0.333. The molecule has 0 spiro atoms. The molecule has 0 aromatic heterocycles. The molecular weight excluding hydrogens is 320 g/mol. The average Bonchev–Trinajstić information content (AvgIpc) is 2.43. The van der Waals surface area contributed by atoms with Crippen LogP contribution in [0, 0.1) is 5.82 Å². The van der Waals surface area contributed by atoms with E-state index in [-0.39, 0.29) is 11.9 Å². The number of nitrogens with one attached hydrogen (secondary N) is 1. The van der Waals surface area contributed by atoms with Gasteiger partial charge in [0.25, 0.3) is 0 Å². The summed E-state index contributed by atoms with van der Waals surface area (Å²) < 4.78 is 13.3.